The third-order valence-corrected chi connectivity index (χ3v) is 7.03. The zero-order valence-electron chi connectivity index (χ0n) is 17.7. The monoisotopic (exact) mass is 421 g/mol. The van der Waals surface area contributed by atoms with Crippen LogP contribution in [-0.2, 0) is 10.2 Å². The van der Waals surface area contributed by atoms with Gasteiger partial charge in [-0.2, -0.15) is 0 Å². The quantitative estimate of drug-likeness (QED) is 0.778. The Morgan fingerprint density at radius 3 is 2.74 bits per heavy atom. The van der Waals surface area contributed by atoms with Gasteiger partial charge in [0, 0.05) is 24.7 Å². The average molecular weight is 421 g/mol. The third-order valence-electron chi connectivity index (χ3n) is 7.03. The van der Waals surface area contributed by atoms with E-state index in [-0.39, 0.29) is 29.8 Å². The fourth-order valence-electron chi connectivity index (χ4n) is 5.36. The Kier molecular flexibility index (Phi) is 4.93. The first kappa shape index (κ1) is 20.0. The van der Waals surface area contributed by atoms with Gasteiger partial charge in [-0.1, -0.05) is 18.2 Å². The summed E-state index contributed by atoms with van der Waals surface area (Å²) < 4.78 is 5.62. The van der Waals surface area contributed by atoms with E-state index in [2.05, 4.69) is 10.6 Å². The Bertz CT molecular complexity index is 1100. The van der Waals surface area contributed by atoms with Gasteiger partial charge in [-0.3, -0.25) is 9.59 Å². The van der Waals surface area contributed by atoms with Crippen LogP contribution in [0.25, 0.3) is 0 Å². The maximum atomic E-state index is 13.4. The molecule has 162 valence electrons. The second-order valence-corrected chi connectivity index (χ2v) is 8.93. The van der Waals surface area contributed by atoms with Crippen LogP contribution in [0.3, 0.4) is 0 Å². The molecule has 1 aromatic carbocycles. The number of para-hydroxylation sites is 1. The molecule has 0 saturated carbocycles. The number of rotatable bonds is 2. The van der Waals surface area contributed by atoms with Crippen molar-refractivity contribution in [3.8, 4) is 0 Å². The second-order valence-electron chi connectivity index (χ2n) is 8.93. The molecule has 2 amide bonds. The predicted molar refractivity (Wildman–Crippen MR) is 116 cm³/mol. The SMILES string of the molecule is Cc1cc(C2CCNCC2)oc(=O)c1C(=O)N1CCCC2(C1)C(=O)Nc1ccccc12. The van der Waals surface area contributed by atoms with E-state index in [0.717, 1.165) is 37.2 Å². The standard InChI is InChI=1S/C24H27N3O4/c1-15-13-19(16-7-10-25-11-8-16)31-22(29)20(15)21(28)27-12-4-9-24(14-27)17-5-2-3-6-18(17)26-23(24)30/h2-3,5-6,13,16,25H,4,7-12,14H2,1H3,(H,26,30). The van der Waals surface area contributed by atoms with Gasteiger partial charge in [0.25, 0.3) is 5.91 Å². The summed E-state index contributed by atoms with van der Waals surface area (Å²) in [6.07, 6.45) is 3.21. The number of nitrogens with zero attached hydrogens (tertiary/aromatic N) is 1. The molecule has 7 nitrogen and oxygen atoms in total. The number of hydrogen-bond donors (Lipinski definition) is 2. The number of benzene rings is 1. The van der Waals surface area contributed by atoms with E-state index in [1.165, 1.54) is 0 Å². The van der Waals surface area contributed by atoms with E-state index in [4.69, 9.17) is 4.42 Å². The van der Waals surface area contributed by atoms with Crippen LogP contribution in [0.5, 0.6) is 0 Å². The van der Waals surface area contributed by atoms with Gasteiger partial charge in [-0.15, -0.1) is 0 Å². The summed E-state index contributed by atoms with van der Waals surface area (Å²) in [7, 11) is 0. The summed E-state index contributed by atoms with van der Waals surface area (Å²) in [5.74, 6) is 0.448. The lowest BCUT2D eigenvalue weighted by atomic mass is 9.75. The minimum Gasteiger partial charge on any atom is -0.427 e. The van der Waals surface area contributed by atoms with Crippen LogP contribution in [0.1, 0.15) is 58.8 Å². The van der Waals surface area contributed by atoms with E-state index >= 15 is 0 Å². The molecule has 0 bridgehead atoms. The van der Waals surface area contributed by atoms with Gasteiger partial charge in [-0.25, -0.2) is 4.79 Å². The topological polar surface area (TPSA) is 91.7 Å². The number of fused-ring (bicyclic) bond motifs is 2. The highest BCUT2D eigenvalue weighted by Gasteiger charge is 2.50. The number of likely N-dealkylation sites (tertiary alicyclic amines) is 1. The molecule has 31 heavy (non-hydrogen) atoms. The molecular weight excluding hydrogens is 394 g/mol. The lowest BCUT2D eigenvalue weighted by Crippen LogP contribution is -2.52. The predicted octanol–water partition coefficient (Wildman–Crippen LogP) is 2.54. The van der Waals surface area contributed by atoms with E-state index in [1.54, 1.807) is 11.8 Å². The van der Waals surface area contributed by atoms with Gasteiger partial charge in [0.15, 0.2) is 0 Å². The number of nitrogens with one attached hydrogen (secondary N) is 2. The summed E-state index contributed by atoms with van der Waals surface area (Å²) >= 11 is 0. The smallest absolute Gasteiger partial charge is 0.349 e. The molecule has 4 heterocycles. The third kappa shape index (κ3) is 3.28. The molecule has 2 fully saturated rings. The van der Waals surface area contributed by atoms with Crippen molar-refractivity contribution in [2.45, 2.75) is 43.9 Å². The molecule has 1 aromatic heterocycles. The van der Waals surface area contributed by atoms with Crippen molar-refractivity contribution in [3.05, 3.63) is 63.2 Å². The molecule has 3 aliphatic rings. The van der Waals surface area contributed by atoms with Gasteiger partial charge in [0.05, 0.1) is 5.41 Å². The number of hydrogen-bond acceptors (Lipinski definition) is 5. The fraction of sp³-hybridized carbons (Fsp3) is 0.458. The van der Waals surface area contributed by atoms with E-state index in [1.807, 2.05) is 30.3 Å². The number of anilines is 1. The van der Waals surface area contributed by atoms with Crippen LogP contribution in [0.2, 0.25) is 0 Å². The molecule has 2 saturated heterocycles. The van der Waals surface area contributed by atoms with E-state index in [9.17, 15) is 14.4 Å². The highest BCUT2D eigenvalue weighted by molar-refractivity contribution is 6.07. The van der Waals surface area contributed by atoms with Crippen LogP contribution in [0.4, 0.5) is 5.69 Å². The summed E-state index contributed by atoms with van der Waals surface area (Å²) in [4.78, 5) is 40.8. The number of carbonyl (C=O) groups excluding carboxylic acids is 2. The molecular formula is C24H27N3O4. The lowest BCUT2D eigenvalue weighted by Gasteiger charge is -2.39. The fourth-order valence-corrected chi connectivity index (χ4v) is 5.36. The Balaban J connectivity index is 1.44. The molecule has 1 unspecified atom stereocenters. The lowest BCUT2D eigenvalue weighted by molar-refractivity contribution is -0.122. The van der Waals surface area contributed by atoms with Crippen molar-refractivity contribution >= 4 is 17.5 Å². The molecule has 1 atom stereocenters. The Hall–Kier alpha value is -2.93. The van der Waals surface area contributed by atoms with Crippen LogP contribution in [0, 0.1) is 6.92 Å². The normalized spacial score (nSPS) is 23.6. The van der Waals surface area contributed by atoms with Crippen LogP contribution < -0.4 is 16.3 Å². The van der Waals surface area contributed by atoms with Crippen molar-refractivity contribution in [2.75, 3.05) is 31.5 Å². The molecule has 2 N–H and O–H groups in total. The van der Waals surface area contributed by atoms with Gasteiger partial charge in [0.2, 0.25) is 5.91 Å². The van der Waals surface area contributed by atoms with Crippen molar-refractivity contribution < 1.29 is 14.0 Å². The molecule has 1 spiro atoms. The Morgan fingerprint density at radius 1 is 1.19 bits per heavy atom. The highest BCUT2D eigenvalue weighted by Crippen LogP contribution is 2.43. The van der Waals surface area contributed by atoms with Gasteiger partial charge >= 0.3 is 5.63 Å². The minimum absolute atomic E-state index is 0.0730. The molecule has 2 aromatic rings. The maximum absolute atomic E-state index is 13.4. The number of carbonyl (C=O) groups is 2. The summed E-state index contributed by atoms with van der Waals surface area (Å²) in [5.41, 5.74) is 1.14. The highest BCUT2D eigenvalue weighted by atomic mass is 16.4. The Morgan fingerprint density at radius 2 is 1.97 bits per heavy atom. The number of aryl methyl sites for hydroxylation is 1. The number of amides is 2. The van der Waals surface area contributed by atoms with Crippen molar-refractivity contribution in [2.24, 2.45) is 0 Å². The first-order valence-electron chi connectivity index (χ1n) is 11.1. The van der Waals surface area contributed by atoms with E-state index < -0.39 is 11.0 Å². The van der Waals surface area contributed by atoms with Gasteiger partial charge in [0.1, 0.15) is 11.3 Å². The zero-order valence-corrected chi connectivity index (χ0v) is 17.7. The van der Waals surface area contributed by atoms with Gasteiger partial charge in [-0.05, 0) is 69.0 Å². The number of piperidine rings is 2. The molecule has 0 aliphatic carbocycles. The first-order valence-corrected chi connectivity index (χ1v) is 11.1. The average Bonchev–Trinajstić information content (AvgIpc) is 3.04. The van der Waals surface area contributed by atoms with Crippen molar-refractivity contribution in [3.63, 3.8) is 0 Å². The van der Waals surface area contributed by atoms with Gasteiger partial charge < -0.3 is 20.0 Å². The molecule has 5 rings (SSSR count). The van der Waals surface area contributed by atoms with Crippen LogP contribution in [-0.4, -0.2) is 42.9 Å². The van der Waals surface area contributed by atoms with Crippen molar-refractivity contribution in [1.82, 2.24) is 10.2 Å². The summed E-state index contributed by atoms with van der Waals surface area (Å²) in [6.45, 7) is 4.38. The zero-order chi connectivity index (χ0) is 21.6. The second kappa shape index (κ2) is 7.64. The van der Waals surface area contributed by atoms with Crippen molar-refractivity contribution in [1.29, 1.82) is 0 Å². The first-order chi connectivity index (χ1) is 15.0. The largest absolute Gasteiger partial charge is 0.427 e. The maximum Gasteiger partial charge on any atom is 0.349 e. The summed E-state index contributed by atoms with van der Waals surface area (Å²) in [5, 5.41) is 6.27. The summed E-state index contributed by atoms with van der Waals surface area (Å²) in [6, 6.07) is 9.50. The van der Waals surface area contributed by atoms with E-state index in [0.29, 0.717) is 30.7 Å². The van der Waals surface area contributed by atoms with Crippen LogP contribution >= 0.6 is 0 Å². The molecule has 0 radical (unpaired) electrons. The van der Waals surface area contributed by atoms with Crippen LogP contribution in [0.15, 0.2) is 39.5 Å². The molecule has 7 heteroatoms. The molecule has 3 aliphatic heterocycles. The minimum atomic E-state index is -0.756. The Labute approximate surface area is 180 Å².